The van der Waals surface area contributed by atoms with Gasteiger partial charge in [-0.15, -0.1) is 0 Å². The van der Waals surface area contributed by atoms with Crippen molar-refractivity contribution in [2.45, 2.75) is 257 Å². The van der Waals surface area contributed by atoms with Gasteiger partial charge in [-0.3, -0.25) is 32.5 Å². The van der Waals surface area contributed by atoms with Gasteiger partial charge < -0.3 is 34.2 Å². The second-order valence-corrected chi connectivity index (χ2v) is 24.8. The molecule has 0 aromatic heterocycles. The maximum atomic E-state index is 12.8. The Bertz CT molecular complexity index is 2160. The number of hydrogen-bond donors (Lipinski definition) is 4. The highest BCUT2D eigenvalue weighted by Gasteiger charge is 2.29. The van der Waals surface area contributed by atoms with Gasteiger partial charge in [0.05, 0.1) is 26.4 Å². The maximum Gasteiger partial charge on any atom is 0.472 e. The zero-order chi connectivity index (χ0) is 65.3. The average Bonchev–Trinajstić information content (AvgIpc) is 3.53. The summed E-state index contributed by atoms with van der Waals surface area (Å²) in [6.45, 7) is 2.34. The van der Waals surface area contributed by atoms with E-state index in [9.17, 15) is 43.5 Å². The zero-order valence-corrected chi connectivity index (χ0v) is 56.6. The standard InChI is InChI=1S/C71H118O16P2/c1-4-7-10-13-16-19-22-24-26-28-30-31-32-33-35-37-38-40-43-45-48-51-54-57-69(74)81-60-66(72)61-83-88(77,78)84-62-67(73)63-85-89(79,80)86-65-68(87-71(76)59-56-53-50-47-42-21-18-15-12-9-6-3)64-82-70(75)58-55-52-49-46-44-41-39-36-34-29-27-25-23-20-17-14-11-8-5-2/h8,11,15-20,24-27,30-31,33-36,41,44,49,52,66-68,72-73H,4-7,9-10,12-14,21-23,28-29,32,37-40,42-43,45-48,50-51,53-65H2,1-3H3,(H,77,78)(H,79,80)/b11-8-,18-15-,19-16-,20-17-,26-24-,27-25-,31-30-,35-33-,36-34-,44-41-,52-49-. The van der Waals surface area contributed by atoms with E-state index in [-0.39, 0.29) is 19.3 Å². The molecule has 0 radical (unpaired) electrons. The molecule has 508 valence electrons. The van der Waals surface area contributed by atoms with Gasteiger partial charge in [-0.25, -0.2) is 9.13 Å². The number of allylic oxidation sites excluding steroid dienone is 22. The average molecular weight is 1290 g/mol. The molecule has 16 nitrogen and oxygen atoms in total. The Hall–Kier alpha value is -4.31. The van der Waals surface area contributed by atoms with Crippen LogP contribution in [0.15, 0.2) is 134 Å². The first-order valence-corrected chi connectivity index (χ1v) is 36.5. The van der Waals surface area contributed by atoms with E-state index in [4.69, 9.17) is 32.3 Å². The molecule has 89 heavy (non-hydrogen) atoms. The van der Waals surface area contributed by atoms with Gasteiger partial charge in [0, 0.05) is 19.3 Å². The van der Waals surface area contributed by atoms with Gasteiger partial charge in [0.1, 0.15) is 25.4 Å². The number of aliphatic hydroxyl groups is 2. The molecule has 0 aliphatic carbocycles. The van der Waals surface area contributed by atoms with Gasteiger partial charge in [0.15, 0.2) is 6.10 Å². The first kappa shape index (κ1) is 84.7. The predicted molar refractivity (Wildman–Crippen MR) is 362 cm³/mol. The molecule has 0 saturated carbocycles. The summed E-state index contributed by atoms with van der Waals surface area (Å²) in [6.07, 6.45) is 73.9. The lowest BCUT2D eigenvalue weighted by Gasteiger charge is -2.21. The lowest BCUT2D eigenvalue weighted by Crippen LogP contribution is -2.30. The van der Waals surface area contributed by atoms with Crippen LogP contribution in [0.4, 0.5) is 0 Å². The molecule has 4 N–H and O–H groups in total. The van der Waals surface area contributed by atoms with Crippen molar-refractivity contribution >= 4 is 33.6 Å². The minimum atomic E-state index is -4.94. The maximum absolute atomic E-state index is 12.8. The highest BCUT2D eigenvalue weighted by molar-refractivity contribution is 7.47. The van der Waals surface area contributed by atoms with E-state index < -0.39 is 91.5 Å². The highest BCUT2D eigenvalue weighted by Crippen LogP contribution is 2.45. The summed E-state index contributed by atoms with van der Waals surface area (Å²) in [5.74, 6) is -1.70. The molecule has 5 atom stereocenters. The first-order chi connectivity index (χ1) is 43.2. The SMILES string of the molecule is CC/C=C\C/C=C\C/C=C\C/C=C\C/C=C\C/C=C\CCC(=O)OCC(COP(=O)(O)OCC(O)COP(=O)(O)OCC(O)COC(=O)CCCCCCCCC/C=C\C/C=C\C/C=C\C/C=C\CCCCC)OC(=O)CCCCCCC/C=C\CCCC. The van der Waals surface area contributed by atoms with E-state index in [1.54, 1.807) is 0 Å². The van der Waals surface area contributed by atoms with Crippen LogP contribution >= 0.6 is 15.6 Å². The van der Waals surface area contributed by atoms with E-state index in [0.29, 0.717) is 25.7 Å². The largest absolute Gasteiger partial charge is 0.472 e. The van der Waals surface area contributed by atoms with Crippen molar-refractivity contribution in [3.8, 4) is 0 Å². The molecule has 0 aromatic carbocycles. The van der Waals surface area contributed by atoms with Crippen LogP contribution in [0.5, 0.6) is 0 Å². The molecule has 0 amide bonds. The Morgan fingerprint density at radius 2 is 0.629 bits per heavy atom. The molecule has 5 unspecified atom stereocenters. The molecule has 0 saturated heterocycles. The van der Waals surface area contributed by atoms with Gasteiger partial charge in [0.25, 0.3) is 0 Å². The molecule has 0 spiro atoms. The van der Waals surface area contributed by atoms with E-state index in [2.05, 4.69) is 136 Å². The number of unbranched alkanes of at least 4 members (excludes halogenated alkanes) is 17. The van der Waals surface area contributed by atoms with Gasteiger partial charge >= 0.3 is 33.6 Å². The third-order valence-corrected chi connectivity index (χ3v) is 15.2. The Morgan fingerprint density at radius 3 is 1.06 bits per heavy atom. The van der Waals surface area contributed by atoms with Crippen molar-refractivity contribution in [3.63, 3.8) is 0 Å². The van der Waals surface area contributed by atoms with E-state index >= 15 is 0 Å². The Labute approximate surface area is 537 Å². The predicted octanol–water partition coefficient (Wildman–Crippen LogP) is 18.4. The minimum absolute atomic E-state index is 0.0396. The summed E-state index contributed by atoms with van der Waals surface area (Å²) >= 11 is 0. The number of hydrogen-bond acceptors (Lipinski definition) is 14. The smallest absolute Gasteiger partial charge is 0.463 e. The third-order valence-electron chi connectivity index (χ3n) is 13.3. The lowest BCUT2D eigenvalue weighted by atomic mass is 10.1. The van der Waals surface area contributed by atoms with Crippen molar-refractivity contribution in [3.05, 3.63) is 134 Å². The summed E-state index contributed by atoms with van der Waals surface area (Å²) in [7, 11) is -9.80. The van der Waals surface area contributed by atoms with Crippen molar-refractivity contribution in [2.24, 2.45) is 0 Å². The fourth-order valence-electron chi connectivity index (χ4n) is 8.21. The molecule has 0 aromatic rings. The van der Waals surface area contributed by atoms with Crippen molar-refractivity contribution in [1.82, 2.24) is 0 Å². The number of carbonyl (C=O) groups is 3. The normalized spacial score (nSPS) is 15.1. The van der Waals surface area contributed by atoms with Crippen LogP contribution in [0.3, 0.4) is 0 Å². The number of phosphoric ester groups is 2. The molecule has 18 heteroatoms. The zero-order valence-electron chi connectivity index (χ0n) is 54.8. The van der Waals surface area contributed by atoms with Gasteiger partial charge in [-0.1, -0.05) is 231 Å². The quantitative estimate of drug-likeness (QED) is 0.0146. The van der Waals surface area contributed by atoms with E-state index in [1.807, 2.05) is 18.2 Å². The summed E-state index contributed by atoms with van der Waals surface area (Å²) in [4.78, 5) is 58.2. The van der Waals surface area contributed by atoms with Crippen LogP contribution in [0.2, 0.25) is 0 Å². The van der Waals surface area contributed by atoms with Crippen LogP contribution in [0.1, 0.15) is 239 Å². The van der Waals surface area contributed by atoms with Crippen LogP contribution < -0.4 is 0 Å². The highest BCUT2D eigenvalue weighted by atomic mass is 31.2. The molecule has 0 rings (SSSR count). The molecule has 0 aliphatic heterocycles. The molecule has 0 heterocycles. The van der Waals surface area contributed by atoms with Crippen LogP contribution in [-0.4, -0.2) is 95.9 Å². The van der Waals surface area contributed by atoms with Crippen molar-refractivity contribution in [2.75, 3.05) is 39.6 Å². The molecule has 0 fully saturated rings. The van der Waals surface area contributed by atoms with Gasteiger partial charge in [0.2, 0.25) is 0 Å². The minimum Gasteiger partial charge on any atom is -0.463 e. The van der Waals surface area contributed by atoms with Crippen LogP contribution in [-0.2, 0) is 55.8 Å². The number of rotatable bonds is 62. The number of phosphoric acid groups is 2. The van der Waals surface area contributed by atoms with Crippen molar-refractivity contribution < 1.29 is 75.8 Å². The Morgan fingerprint density at radius 1 is 0.326 bits per heavy atom. The molecular formula is C71H118O16P2. The van der Waals surface area contributed by atoms with Gasteiger partial charge in [-0.2, -0.15) is 0 Å². The van der Waals surface area contributed by atoms with Crippen LogP contribution in [0, 0.1) is 0 Å². The van der Waals surface area contributed by atoms with Crippen molar-refractivity contribution in [1.29, 1.82) is 0 Å². The number of aliphatic hydroxyl groups excluding tert-OH is 2. The first-order valence-electron chi connectivity index (χ1n) is 33.5. The van der Waals surface area contributed by atoms with E-state index in [1.165, 1.54) is 38.5 Å². The van der Waals surface area contributed by atoms with Gasteiger partial charge in [-0.05, 0) is 122 Å². The lowest BCUT2D eigenvalue weighted by molar-refractivity contribution is -0.161. The fourth-order valence-corrected chi connectivity index (χ4v) is 9.79. The second-order valence-electron chi connectivity index (χ2n) is 21.9. The van der Waals surface area contributed by atoms with E-state index in [0.717, 1.165) is 135 Å². The Kier molecular flexibility index (Phi) is 60.7. The second kappa shape index (κ2) is 63.8. The Balaban J connectivity index is 4.64. The number of carbonyl (C=O) groups excluding carboxylic acids is 3. The van der Waals surface area contributed by atoms with Crippen LogP contribution in [0.25, 0.3) is 0 Å². The molecule has 0 aliphatic rings. The third kappa shape index (κ3) is 65.0. The monoisotopic (exact) mass is 1290 g/mol. The summed E-state index contributed by atoms with van der Waals surface area (Å²) in [5.41, 5.74) is 0. The number of ether oxygens (including phenoxy) is 3. The topological polar surface area (TPSA) is 231 Å². The number of esters is 3. The fraction of sp³-hybridized carbons (Fsp3) is 0.648. The molecular weight excluding hydrogens is 1170 g/mol. The summed E-state index contributed by atoms with van der Waals surface area (Å²) in [6, 6.07) is 0. The summed E-state index contributed by atoms with van der Waals surface area (Å²) in [5, 5.41) is 20.5. The summed E-state index contributed by atoms with van der Waals surface area (Å²) < 4.78 is 60.7. The molecule has 0 bridgehead atoms.